The van der Waals surface area contributed by atoms with Gasteiger partial charge in [0.1, 0.15) is 12.7 Å². The summed E-state index contributed by atoms with van der Waals surface area (Å²) in [6.45, 7) is 5.04. The Bertz CT molecular complexity index is 530. The molecule has 4 aliphatic carbocycles. The average Bonchev–Trinajstić information content (AvgIpc) is 2.98. The van der Waals surface area contributed by atoms with E-state index in [9.17, 15) is 4.79 Å². The van der Waals surface area contributed by atoms with E-state index in [-0.39, 0.29) is 11.5 Å². The van der Waals surface area contributed by atoms with Gasteiger partial charge >= 0.3 is 0 Å². The van der Waals surface area contributed by atoms with Crippen molar-refractivity contribution in [3.05, 3.63) is 12.7 Å². The van der Waals surface area contributed by atoms with Crippen LogP contribution >= 0.6 is 0 Å². The topological polar surface area (TPSA) is 59.8 Å². The second-order valence-electron chi connectivity index (χ2n) is 8.64. The van der Waals surface area contributed by atoms with E-state index in [2.05, 4.69) is 29.2 Å². The second-order valence-corrected chi connectivity index (χ2v) is 8.64. The van der Waals surface area contributed by atoms with Gasteiger partial charge in [-0.15, -0.1) is 0 Å². The first-order valence-corrected chi connectivity index (χ1v) is 9.17. The summed E-state index contributed by atoms with van der Waals surface area (Å²) in [5.41, 5.74) is -0.0652. The van der Waals surface area contributed by atoms with Gasteiger partial charge in [0.2, 0.25) is 5.91 Å². The highest BCUT2D eigenvalue weighted by Gasteiger charge is 2.54. The van der Waals surface area contributed by atoms with Crippen LogP contribution in [0.5, 0.6) is 0 Å². The molecule has 126 valence electrons. The molecule has 0 radical (unpaired) electrons. The summed E-state index contributed by atoms with van der Waals surface area (Å²) in [6.07, 6.45) is 10.8. The number of amides is 1. The minimum atomic E-state index is -0.0652. The number of nitrogens with one attached hydrogen (secondary N) is 1. The third-order valence-electron chi connectivity index (χ3n) is 6.49. The van der Waals surface area contributed by atoms with E-state index in [0.29, 0.717) is 18.4 Å². The van der Waals surface area contributed by atoms with E-state index in [4.69, 9.17) is 0 Å². The maximum atomic E-state index is 13.2. The molecular formula is C18H28N4O. The molecule has 4 aliphatic rings. The highest BCUT2D eigenvalue weighted by Crippen LogP contribution is 2.60. The fourth-order valence-corrected chi connectivity index (χ4v) is 5.66. The van der Waals surface area contributed by atoms with Crippen LogP contribution in [0.25, 0.3) is 0 Å². The van der Waals surface area contributed by atoms with Gasteiger partial charge in [-0.2, -0.15) is 5.10 Å². The van der Waals surface area contributed by atoms with E-state index >= 15 is 0 Å². The lowest BCUT2D eigenvalue weighted by Gasteiger charge is -2.56. The molecule has 1 atom stereocenters. The summed E-state index contributed by atoms with van der Waals surface area (Å²) in [4.78, 5) is 17.2. The highest BCUT2D eigenvalue weighted by molar-refractivity contribution is 5.83. The second kappa shape index (κ2) is 5.60. The van der Waals surface area contributed by atoms with E-state index < -0.39 is 0 Å². The first-order chi connectivity index (χ1) is 11.0. The maximum absolute atomic E-state index is 13.2. The molecule has 0 spiro atoms. The van der Waals surface area contributed by atoms with Crippen molar-refractivity contribution in [1.29, 1.82) is 0 Å². The monoisotopic (exact) mass is 316 g/mol. The molecule has 5 heteroatoms. The predicted octanol–water partition coefficient (Wildman–Crippen LogP) is 2.64. The van der Waals surface area contributed by atoms with Crippen LogP contribution in [0.1, 0.15) is 52.4 Å². The summed E-state index contributed by atoms with van der Waals surface area (Å²) < 4.78 is 1.82. The number of rotatable bonds is 5. The van der Waals surface area contributed by atoms with Gasteiger partial charge in [-0.3, -0.25) is 9.48 Å². The molecule has 0 unspecified atom stereocenters. The van der Waals surface area contributed by atoms with Crippen molar-refractivity contribution in [1.82, 2.24) is 20.1 Å². The molecule has 5 rings (SSSR count). The molecule has 0 saturated heterocycles. The largest absolute Gasteiger partial charge is 0.351 e. The van der Waals surface area contributed by atoms with Gasteiger partial charge in [-0.05, 0) is 62.2 Å². The van der Waals surface area contributed by atoms with Gasteiger partial charge in [0, 0.05) is 5.41 Å². The Morgan fingerprint density at radius 2 is 1.83 bits per heavy atom. The van der Waals surface area contributed by atoms with Crippen molar-refractivity contribution >= 4 is 5.91 Å². The third-order valence-corrected chi connectivity index (χ3v) is 6.49. The Balaban J connectivity index is 1.47. The van der Waals surface area contributed by atoms with E-state index in [1.807, 2.05) is 4.68 Å². The van der Waals surface area contributed by atoms with Crippen molar-refractivity contribution in [2.75, 3.05) is 0 Å². The summed E-state index contributed by atoms with van der Waals surface area (Å²) >= 11 is 0. The number of carbonyl (C=O) groups is 1. The summed E-state index contributed by atoms with van der Waals surface area (Å²) in [7, 11) is 0. The molecule has 1 heterocycles. The molecule has 1 amide bonds. The molecule has 1 aromatic heterocycles. The molecular weight excluding hydrogens is 288 g/mol. The Morgan fingerprint density at radius 3 is 2.30 bits per heavy atom. The van der Waals surface area contributed by atoms with Gasteiger partial charge in [-0.25, -0.2) is 4.98 Å². The first kappa shape index (κ1) is 15.2. The lowest BCUT2D eigenvalue weighted by Crippen LogP contribution is -2.56. The number of aromatic nitrogens is 3. The maximum Gasteiger partial charge on any atom is 0.226 e. The SMILES string of the molecule is CC(C)[C@H](Cn1cncn1)NC(=O)C12CC3CC(CC(C3)C1)C2. The molecule has 5 nitrogen and oxygen atoms in total. The Morgan fingerprint density at radius 1 is 1.22 bits per heavy atom. The number of hydrogen-bond donors (Lipinski definition) is 1. The minimum absolute atomic E-state index is 0.0652. The van der Waals surface area contributed by atoms with Gasteiger partial charge < -0.3 is 5.32 Å². The van der Waals surface area contributed by atoms with Crippen LogP contribution in [0.4, 0.5) is 0 Å². The molecule has 0 aliphatic heterocycles. The number of carbonyl (C=O) groups excluding carboxylic acids is 1. The Hall–Kier alpha value is -1.39. The lowest BCUT2D eigenvalue weighted by molar-refractivity contribution is -0.147. The predicted molar refractivity (Wildman–Crippen MR) is 87.4 cm³/mol. The average molecular weight is 316 g/mol. The van der Waals surface area contributed by atoms with Crippen LogP contribution in [0.2, 0.25) is 0 Å². The molecule has 0 aromatic carbocycles. The van der Waals surface area contributed by atoms with Crippen LogP contribution in [0, 0.1) is 29.1 Å². The number of nitrogens with zero attached hydrogens (tertiary/aromatic N) is 3. The summed E-state index contributed by atoms with van der Waals surface area (Å²) in [6, 6.07) is 0.122. The molecule has 1 aromatic rings. The summed E-state index contributed by atoms with van der Waals surface area (Å²) in [5.74, 6) is 3.12. The third kappa shape index (κ3) is 2.79. The van der Waals surface area contributed by atoms with Gasteiger partial charge in [-0.1, -0.05) is 13.8 Å². The Kier molecular flexibility index (Phi) is 3.69. The zero-order valence-electron chi connectivity index (χ0n) is 14.2. The van der Waals surface area contributed by atoms with Gasteiger partial charge in [0.05, 0.1) is 12.6 Å². The van der Waals surface area contributed by atoms with Crippen LogP contribution in [0.3, 0.4) is 0 Å². The molecule has 23 heavy (non-hydrogen) atoms. The van der Waals surface area contributed by atoms with Crippen LogP contribution in [0.15, 0.2) is 12.7 Å². The fraction of sp³-hybridized carbons (Fsp3) is 0.833. The zero-order chi connectivity index (χ0) is 16.0. The standard InChI is InChI=1S/C18H28N4O/c1-12(2)16(9-22-11-19-10-20-22)21-17(23)18-6-13-3-14(7-18)5-15(4-13)8-18/h10-16H,3-9H2,1-2H3,(H,21,23)/t13?,14?,15?,16-,18?/m0/s1. The zero-order valence-corrected chi connectivity index (χ0v) is 14.2. The van der Waals surface area contributed by atoms with Gasteiger partial charge in [0.25, 0.3) is 0 Å². The van der Waals surface area contributed by atoms with E-state index in [1.54, 1.807) is 12.7 Å². The van der Waals surface area contributed by atoms with Crippen molar-refractivity contribution < 1.29 is 4.79 Å². The fourth-order valence-electron chi connectivity index (χ4n) is 5.66. The van der Waals surface area contributed by atoms with Crippen molar-refractivity contribution in [3.63, 3.8) is 0 Å². The highest BCUT2D eigenvalue weighted by atomic mass is 16.2. The quantitative estimate of drug-likeness (QED) is 0.908. The van der Waals surface area contributed by atoms with E-state index in [1.165, 1.54) is 19.3 Å². The van der Waals surface area contributed by atoms with Crippen LogP contribution in [-0.4, -0.2) is 26.7 Å². The molecule has 4 bridgehead atoms. The number of hydrogen-bond acceptors (Lipinski definition) is 3. The van der Waals surface area contributed by atoms with E-state index in [0.717, 1.165) is 37.0 Å². The minimum Gasteiger partial charge on any atom is -0.351 e. The van der Waals surface area contributed by atoms with Gasteiger partial charge in [0.15, 0.2) is 0 Å². The normalized spacial score (nSPS) is 36.4. The van der Waals surface area contributed by atoms with Crippen molar-refractivity contribution in [2.45, 2.75) is 65.0 Å². The van der Waals surface area contributed by atoms with Crippen LogP contribution < -0.4 is 5.32 Å². The molecule has 1 N–H and O–H groups in total. The first-order valence-electron chi connectivity index (χ1n) is 9.17. The molecule has 4 fully saturated rings. The van der Waals surface area contributed by atoms with Crippen LogP contribution in [-0.2, 0) is 11.3 Å². The summed E-state index contributed by atoms with van der Waals surface area (Å²) in [5, 5.41) is 7.58. The smallest absolute Gasteiger partial charge is 0.226 e. The molecule has 4 saturated carbocycles. The Labute approximate surface area is 138 Å². The lowest BCUT2D eigenvalue weighted by atomic mass is 9.49. The van der Waals surface area contributed by atoms with Crippen molar-refractivity contribution in [2.24, 2.45) is 29.1 Å². The van der Waals surface area contributed by atoms with Crippen molar-refractivity contribution in [3.8, 4) is 0 Å².